The average molecular weight is 403 g/mol. The Morgan fingerprint density at radius 2 is 1.87 bits per heavy atom. The van der Waals surface area contributed by atoms with Crippen LogP contribution >= 0.6 is 0 Å². The van der Waals surface area contributed by atoms with Gasteiger partial charge in [-0.15, -0.1) is 0 Å². The summed E-state index contributed by atoms with van der Waals surface area (Å²) >= 11 is 0. The van der Waals surface area contributed by atoms with Crippen molar-refractivity contribution in [2.75, 3.05) is 10.6 Å². The molecule has 3 N–H and O–H groups in total. The van der Waals surface area contributed by atoms with E-state index in [0.717, 1.165) is 11.1 Å². The van der Waals surface area contributed by atoms with E-state index in [1.165, 1.54) is 17.1 Å². The first-order valence-corrected chi connectivity index (χ1v) is 9.45. The van der Waals surface area contributed by atoms with Crippen LogP contribution in [0.15, 0.2) is 60.1 Å². The Morgan fingerprint density at radius 1 is 1.10 bits per heavy atom. The van der Waals surface area contributed by atoms with Gasteiger partial charge in [0.25, 0.3) is 5.91 Å². The number of hydrogen-bond donors (Lipinski definition) is 3. The SMILES string of the molecule is CC1=C(C(=O)Nc2cccc(C)c2C)C(c2ccccc2C(=O)O)n2ncnc2N1. The molecule has 1 atom stereocenters. The van der Waals surface area contributed by atoms with E-state index in [2.05, 4.69) is 20.7 Å². The van der Waals surface area contributed by atoms with Crippen LogP contribution in [-0.2, 0) is 4.79 Å². The summed E-state index contributed by atoms with van der Waals surface area (Å²) in [7, 11) is 0. The smallest absolute Gasteiger partial charge is 0.336 e. The molecule has 2 heterocycles. The summed E-state index contributed by atoms with van der Waals surface area (Å²) in [5, 5.41) is 20.0. The second kappa shape index (κ2) is 7.47. The number of aromatic nitrogens is 3. The predicted octanol–water partition coefficient (Wildman–Crippen LogP) is 3.52. The third kappa shape index (κ3) is 3.22. The largest absolute Gasteiger partial charge is 0.478 e. The topological polar surface area (TPSA) is 109 Å². The number of carboxylic acid groups (broad SMARTS) is 1. The number of rotatable bonds is 4. The molecule has 2 aromatic carbocycles. The Labute approximate surface area is 173 Å². The number of fused-ring (bicyclic) bond motifs is 1. The second-order valence-electron chi connectivity index (χ2n) is 7.19. The van der Waals surface area contributed by atoms with Gasteiger partial charge in [0.2, 0.25) is 5.95 Å². The summed E-state index contributed by atoms with van der Waals surface area (Å²) in [6.07, 6.45) is 1.37. The molecule has 30 heavy (non-hydrogen) atoms. The maximum Gasteiger partial charge on any atom is 0.336 e. The van der Waals surface area contributed by atoms with E-state index in [9.17, 15) is 14.7 Å². The van der Waals surface area contributed by atoms with E-state index < -0.39 is 12.0 Å². The zero-order valence-electron chi connectivity index (χ0n) is 16.8. The van der Waals surface area contributed by atoms with Gasteiger partial charge in [0.1, 0.15) is 12.4 Å². The number of carbonyl (C=O) groups excluding carboxylic acids is 1. The van der Waals surface area contributed by atoms with Crippen molar-refractivity contribution >= 4 is 23.5 Å². The highest BCUT2D eigenvalue weighted by molar-refractivity contribution is 6.06. The number of carbonyl (C=O) groups is 2. The number of nitrogens with zero attached hydrogens (tertiary/aromatic N) is 3. The van der Waals surface area contributed by atoms with Gasteiger partial charge < -0.3 is 15.7 Å². The number of hydrogen-bond acceptors (Lipinski definition) is 5. The summed E-state index contributed by atoms with van der Waals surface area (Å²) in [5.74, 6) is -0.959. The molecular weight excluding hydrogens is 382 g/mol. The number of amides is 1. The minimum atomic E-state index is -1.07. The molecule has 1 unspecified atom stereocenters. The highest BCUT2D eigenvalue weighted by atomic mass is 16.4. The molecule has 0 fully saturated rings. The Morgan fingerprint density at radius 3 is 2.63 bits per heavy atom. The van der Waals surface area contributed by atoms with E-state index in [4.69, 9.17) is 0 Å². The summed E-state index contributed by atoms with van der Waals surface area (Å²) in [5.41, 5.74) is 4.27. The summed E-state index contributed by atoms with van der Waals surface area (Å²) in [6.45, 7) is 5.69. The Kier molecular flexibility index (Phi) is 4.83. The first-order chi connectivity index (χ1) is 14.4. The summed E-state index contributed by atoms with van der Waals surface area (Å²) in [4.78, 5) is 29.5. The quantitative estimate of drug-likeness (QED) is 0.615. The molecular formula is C22H21N5O3. The summed E-state index contributed by atoms with van der Waals surface area (Å²) in [6, 6.07) is 11.6. The summed E-state index contributed by atoms with van der Waals surface area (Å²) < 4.78 is 1.53. The number of anilines is 2. The van der Waals surface area contributed by atoms with E-state index in [1.807, 2.05) is 32.0 Å². The number of nitrogens with one attached hydrogen (secondary N) is 2. The molecule has 8 nitrogen and oxygen atoms in total. The van der Waals surface area contributed by atoms with E-state index in [0.29, 0.717) is 28.5 Å². The Bertz CT molecular complexity index is 1190. The van der Waals surface area contributed by atoms with Gasteiger partial charge in [-0.2, -0.15) is 10.1 Å². The molecule has 0 bridgehead atoms. The standard InChI is InChI=1S/C22H21N5O3/c1-12-7-6-10-17(13(12)2)26-20(28)18-14(3)25-22-23-11-24-27(22)19(18)15-8-4-5-9-16(15)21(29)30/h4-11,19H,1-3H3,(H,26,28)(H,29,30)(H,23,24,25). The monoisotopic (exact) mass is 403 g/mol. The van der Waals surface area contributed by atoms with Crippen LogP contribution in [-0.4, -0.2) is 31.7 Å². The lowest BCUT2D eigenvalue weighted by molar-refractivity contribution is -0.113. The zero-order chi connectivity index (χ0) is 21.4. The van der Waals surface area contributed by atoms with Crippen LogP contribution in [0.2, 0.25) is 0 Å². The van der Waals surface area contributed by atoms with Crippen molar-refractivity contribution < 1.29 is 14.7 Å². The first-order valence-electron chi connectivity index (χ1n) is 9.45. The number of carboxylic acids is 1. The molecule has 0 saturated heterocycles. The lowest BCUT2D eigenvalue weighted by atomic mass is 9.91. The lowest BCUT2D eigenvalue weighted by Crippen LogP contribution is -2.32. The van der Waals surface area contributed by atoms with Crippen molar-refractivity contribution in [1.29, 1.82) is 0 Å². The van der Waals surface area contributed by atoms with E-state index in [1.54, 1.807) is 25.1 Å². The number of benzene rings is 2. The third-order valence-electron chi connectivity index (χ3n) is 5.38. The molecule has 8 heteroatoms. The van der Waals surface area contributed by atoms with Gasteiger partial charge in [0, 0.05) is 11.4 Å². The number of allylic oxidation sites excluding steroid dienone is 1. The molecule has 3 aromatic rings. The van der Waals surface area contributed by atoms with Gasteiger partial charge in [0.05, 0.1) is 11.1 Å². The van der Waals surface area contributed by atoms with Crippen molar-refractivity contribution in [3.05, 3.63) is 82.3 Å². The fourth-order valence-electron chi connectivity index (χ4n) is 3.68. The molecule has 1 aliphatic heterocycles. The molecule has 1 amide bonds. The highest BCUT2D eigenvalue weighted by Gasteiger charge is 2.35. The van der Waals surface area contributed by atoms with E-state index in [-0.39, 0.29) is 11.5 Å². The fourth-order valence-corrected chi connectivity index (χ4v) is 3.68. The van der Waals surface area contributed by atoms with Gasteiger partial charge in [-0.3, -0.25) is 4.79 Å². The normalized spacial score (nSPS) is 15.4. The molecule has 0 saturated carbocycles. The zero-order valence-corrected chi connectivity index (χ0v) is 16.8. The van der Waals surface area contributed by atoms with Crippen molar-refractivity contribution in [2.24, 2.45) is 0 Å². The second-order valence-corrected chi connectivity index (χ2v) is 7.19. The Hall–Kier alpha value is -3.94. The van der Waals surface area contributed by atoms with Crippen molar-refractivity contribution in [3.8, 4) is 0 Å². The molecule has 152 valence electrons. The van der Waals surface area contributed by atoms with Gasteiger partial charge >= 0.3 is 5.97 Å². The van der Waals surface area contributed by atoms with Gasteiger partial charge in [-0.1, -0.05) is 30.3 Å². The maximum absolute atomic E-state index is 13.4. The van der Waals surface area contributed by atoms with E-state index >= 15 is 0 Å². The molecule has 1 aliphatic rings. The van der Waals surface area contributed by atoms with Crippen LogP contribution in [0.1, 0.15) is 40.0 Å². The predicted molar refractivity (Wildman–Crippen MR) is 112 cm³/mol. The number of aromatic carboxylic acids is 1. The van der Waals surface area contributed by atoms with Crippen LogP contribution in [0, 0.1) is 13.8 Å². The molecule has 0 radical (unpaired) electrons. The molecule has 1 aromatic heterocycles. The minimum Gasteiger partial charge on any atom is -0.478 e. The average Bonchev–Trinajstić information content (AvgIpc) is 3.18. The minimum absolute atomic E-state index is 0.107. The fraction of sp³-hybridized carbons (Fsp3) is 0.182. The molecule has 0 spiro atoms. The van der Waals surface area contributed by atoms with Crippen LogP contribution in [0.4, 0.5) is 11.6 Å². The van der Waals surface area contributed by atoms with Gasteiger partial charge in [0.15, 0.2) is 0 Å². The van der Waals surface area contributed by atoms with Crippen molar-refractivity contribution in [1.82, 2.24) is 14.8 Å². The van der Waals surface area contributed by atoms with Crippen molar-refractivity contribution in [3.63, 3.8) is 0 Å². The van der Waals surface area contributed by atoms with Gasteiger partial charge in [-0.25, -0.2) is 9.48 Å². The maximum atomic E-state index is 13.4. The highest BCUT2D eigenvalue weighted by Crippen LogP contribution is 2.36. The van der Waals surface area contributed by atoms with Gasteiger partial charge in [-0.05, 0) is 49.6 Å². The third-order valence-corrected chi connectivity index (χ3v) is 5.38. The van der Waals surface area contributed by atoms with Crippen LogP contribution < -0.4 is 10.6 Å². The molecule has 0 aliphatic carbocycles. The van der Waals surface area contributed by atoms with Crippen LogP contribution in [0.5, 0.6) is 0 Å². The van der Waals surface area contributed by atoms with Crippen molar-refractivity contribution in [2.45, 2.75) is 26.8 Å². The first kappa shape index (κ1) is 19.4. The Balaban J connectivity index is 1.84. The van der Waals surface area contributed by atoms with Crippen LogP contribution in [0.25, 0.3) is 0 Å². The lowest BCUT2D eigenvalue weighted by Gasteiger charge is -2.29. The molecule has 4 rings (SSSR count). The number of aryl methyl sites for hydroxylation is 1. The van der Waals surface area contributed by atoms with Crippen LogP contribution in [0.3, 0.4) is 0 Å².